The third-order valence-corrected chi connectivity index (χ3v) is 1.73. The molecule has 0 saturated carbocycles. The Morgan fingerprint density at radius 3 is 2.92 bits per heavy atom. The van der Waals surface area contributed by atoms with Crippen molar-refractivity contribution in [3.05, 3.63) is 29.6 Å². The Balaban J connectivity index is 2.97. The van der Waals surface area contributed by atoms with E-state index in [0.29, 0.717) is 0 Å². The predicted octanol–water partition coefficient (Wildman–Crippen LogP) is -0.888. The van der Waals surface area contributed by atoms with E-state index in [-0.39, 0.29) is 6.42 Å². The second-order valence-corrected chi connectivity index (χ2v) is 2.86. The quantitative estimate of drug-likeness (QED) is 0.534. The number of nitrogens with zero attached hydrogens (tertiary/aromatic N) is 1. The molecule has 64 valence electrons. The van der Waals surface area contributed by atoms with Gasteiger partial charge < -0.3 is 9.90 Å². The van der Waals surface area contributed by atoms with Crippen LogP contribution in [0.4, 0.5) is 0 Å². The lowest BCUT2D eigenvalue weighted by molar-refractivity contribution is -0.678. The monoisotopic (exact) mass is 165 g/mol. The van der Waals surface area contributed by atoms with Gasteiger partial charge in [-0.25, -0.2) is 4.57 Å². The normalized spacial score (nSPS) is 9.83. The molecule has 0 atom stereocenters. The molecule has 1 aromatic rings. The van der Waals surface area contributed by atoms with E-state index in [9.17, 15) is 9.90 Å². The average Bonchev–Trinajstić information content (AvgIpc) is 1.96. The number of carbonyl (C=O) groups is 1. The molecule has 1 rings (SSSR count). The zero-order valence-electron chi connectivity index (χ0n) is 7.20. The molecule has 0 aliphatic rings. The molecule has 0 fully saturated rings. The molecule has 0 aromatic carbocycles. The number of aromatic nitrogens is 1. The number of carboxylic acids is 1. The van der Waals surface area contributed by atoms with Crippen LogP contribution in [-0.2, 0) is 18.3 Å². The summed E-state index contributed by atoms with van der Waals surface area (Å²) in [5, 5.41) is 10.3. The highest BCUT2D eigenvalue weighted by molar-refractivity contribution is 5.66. The molecule has 0 aliphatic heterocycles. The van der Waals surface area contributed by atoms with Crippen LogP contribution in [-0.4, -0.2) is 5.97 Å². The van der Waals surface area contributed by atoms with E-state index in [1.165, 1.54) is 0 Å². The topological polar surface area (TPSA) is 44.0 Å². The fourth-order valence-electron chi connectivity index (χ4n) is 1.06. The fourth-order valence-corrected chi connectivity index (χ4v) is 1.06. The zero-order chi connectivity index (χ0) is 9.14. The maximum atomic E-state index is 10.3. The number of hydrogen-bond donors (Lipinski definition) is 0. The van der Waals surface area contributed by atoms with Gasteiger partial charge in [0.15, 0.2) is 11.9 Å². The second-order valence-electron chi connectivity index (χ2n) is 2.86. The van der Waals surface area contributed by atoms with Crippen molar-refractivity contribution in [2.24, 2.45) is 7.05 Å². The molecule has 0 bridgehead atoms. The highest BCUT2D eigenvalue weighted by atomic mass is 16.4. The van der Waals surface area contributed by atoms with Crippen LogP contribution in [0.2, 0.25) is 0 Å². The minimum atomic E-state index is -1.05. The number of hydrogen-bond acceptors (Lipinski definition) is 2. The molecule has 1 aromatic heterocycles. The van der Waals surface area contributed by atoms with Crippen LogP contribution in [0.5, 0.6) is 0 Å². The molecular formula is C9H11NO2. The van der Waals surface area contributed by atoms with Crippen molar-refractivity contribution in [1.82, 2.24) is 0 Å². The largest absolute Gasteiger partial charge is 0.550 e. The van der Waals surface area contributed by atoms with Gasteiger partial charge in [0, 0.05) is 12.1 Å². The van der Waals surface area contributed by atoms with Crippen molar-refractivity contribution in [1.29, 1.82) is 0 Å². The minimum absolute atomic E-state index is 0.0296. The van der Waals surface area contributed by atoms with Gasteiger partial charge in [0.05, 0.1) is 12.4 Å². The smallest absolute Gasteiger partial charge is 0.186 e. The van der Waals surface area contributed by atoms with Gasteiger partial charge in [-0.3, -0.25) is 0 Å². The standard InChI is InChI=1S/C9H11NO2/c1-7-3-4-10(2)8(5-7)6-9(11)12/h3-5H,6H2,1-2H3. The van der Waals surface area contributed by atoms with Crippen molar-refractivity contribution >= 4 is 5.97 Å². The molecule has 0 N–H and O–H groups in total. The van der Waals surface area contributed by atoms with Gasteiger partial charge in [-0.1, -0.05) is 0 Å². The van der Waals surface area contributed by atoms with Crippen molar-refractivity contribution in [3.63, 3.8) is 0 Å². The van der Waals surface area contributed by atoms with Gasteiger partial charge in [-0.2, -0.15) is 0 Å². The number of rotatable bonds is 2. The molecular weight excluding hydrogens is 154 g/mol. The van der Waals surface area contributed by atoms with Crippen molar-refractivity contribution in [2.45, 2.75) is 13.3 Å². The maximum Gasteiger partial charge on any atom is 0.186 e. The first-order valence-corrected chi connectivity index (χ1v) is 3.74. The molecule has 3 heteroatoms. The van der Waals surface area contributed by atoms with Gasteiger partial charge in [-0.15, -0.1) is 0 Å². The van der Waals surface area contributed by atoms with E-state index in [2.05, 4.69) is 0 Å². The average molecular weight is 165 g/mol. The van der Waals surface area contributed by atoms with Gasteiger partial charge in [-0.05, 0) is 12.5 Å². The van der Waals surface area contributed by atoms with Crippen LogP contribution in [0, 0.1) is 6.92 Å². The molecule has 0 aliphatic carbocycles. The fraction of sp³-hybridized carbons (Fsp3) is 0.333. The number of carboxylic acid groups (broad SMARTS) is 1. The Labute approximate surface area is 71.3 Å². The molecule has 1 heterocycles. The van der Waals surface area contributed by atoms with Crippen LogP contribution in [0.3, 0.4) is 0 Å². The Bertz CT molecular complexity index is 307. The van der Waals surface area contributed by atoms with E-state index in [1.54, 1.807) is 4.57 Å². The van der Waals surface area contributed by atoms with Crippen molar-refractivity contribution in [3.8, 4) is 0 Å². The van der Waals surface area contributed by atoms with Crippen molar-refractivity contribution < 1.29 is 14.5 Å². The Kier molecular flexibility index (Phi) is 2.43. The van der Waals surface area contributed by atoms with Crippen LogP contribution in [0.15, 0.2) is 18.3 Å². The van der Waals surface area contributed by atoms with Crippen LogP contribution in [0.25, 0.3) is 0 Å². The van der Waals surface area contributed by atoms with E-state index >= 15 is 0 Å². The number of aryl methyl sites for hydroxylation is 2. The number of aliphatic carboxylic acids is 1. The van der Waals surface area contributed by atoms with Crippen LogP contribution >= 0.6 is 0 Å². The summed E-state index contributed by atoms with van der Waals surface area (Å²) in [5.41, 5.74) is 1.82. The minimum Gasteiger partial charge on any atom is -0.550 e. The van der Waals surface area contributed by atoms with E-state index < -0.39 is 5.97 Å². The zero-order valence-corrected chi connectivity index (χ0v) is 7.20. The summed E-state index contributed by atoms with van der Waals surface area (Å²) < 4.78 is 1.78. The number of pyridine rings is 1. The summed E-state index contributed by atoms with van der Waals surface area (Å²) >= 11 is 0. The molecule has 0 amide bonds. The van der Waals surface area contributed by atoms with Crippen molar-refractivity contribution in [2.75, 3.05) is 0 Å². The lowest BCUT2D eigenvalue weighted by Crippen LogP contribution is -2.37. The Morgan fingerprint density at radius 2 is 2.33 bits per heavy atom. The predicted molar refractivity (Wildman–Crippen MR) is 41.1 cm³/mol. The maximum absolute atomic E-state index is 10.3. The number of carbonyl (C=O) groups excluding carboxylic acids is 1. The van der Waals surface area contributed by atoms with Gasteiger partial charge in [0.1, 0.15) is 7.05 Å². The highest BCUT2D eigenvalue weighted by Gasteiger charge is 2.05. The van der Waals surface area contributed by atoms with Gasteiger partial charge >= 0.3 is 0 Å². The first kappa shape index (κ1) is 8.71. The highest BCUT2D eigenvalue weighted by Crippen LogP contribution is 1.97. The summed E-state index contributed by atoms with van der Waals surface area (Å²) in [7, 11) is 1.82. The lowest BCUT2D eigenvalue weighted by atomic mass is 10.2. The van der Waals surface area contributed by atoms with E-state index in [1.807, 2.05) is 32.3 Å². The summed E-state index contributed by atoms with van der Waals surface area (Å²) in [5.74, 6) is -1.05. The van der Waals surface area contributed by atoms with Crippen LogP contribution < -0.4 is 9.67 Å². The molecule has 0 radical (unpaired) electrons. The SMILES string of the molecule is Cc1cc[n+](C)c(CC(=O)[O-])c1. The lowest BCUT2D eigenvalue weighted by Gasteiger charge is -2.01. The second kappa shape index (κ2) is 3.34. The molecule has 0 spiro atoms. The van der Waals surface area contributed by atoms with Gasteiger partial charge in [0.25, 0.3) is 0 Å². The van der Waals surface area contributed by atoms with E-state index in [4.69, 9.17) is 0 Å². The van der Waals surface area contributed by atoms with E-state index in [0.717, 1.165) is 11.3 Å². The first-order valence-electron chi connectivity index (χ1n) is 3.74. The van der Waals surface area contributed by atoms with Crippen LogP contribution in [0.1, 0.15) is 11.3 Å². The Hall–Kier alpha value is -1.38. The third-order valence-electron chi connectivity index (χ3n) is 1.73. The summed E-state index contributed by atoms with van der Waals surface area (Å²) in [6, 6.07) is 3.77. The third kappa shape index (κ3) is 2.05. The molecule has 3 nitrogen and oxygen atoms in total. The molecule has 12 heavy (non-hydrogen) atoms. The molecule has 0 unspecified atom stereocenters. The summed E-state index contributed by atoms with van der Waals surface area (Å²) in [6.07, 6.45) is 1.81. The Morgan fingerprint density at radius 1 is 1.67 bits per heavy atom. The van der Waals surface area contributed by atoms with Gasteiger partial charge in [0.2, 0.25) is 0 Å². The summed E-state index contributed by atoms with van der Waals surface area (Å²) in [4.78, 5) is 10.3. The first-order chi connectivity index (χ1) is 5.59. The molecule has 0 saturated heterocycles. The summed E-state index contributed by atoms with van der Waals surface area (Å²) in [6.45, 7) is 1.93.